The van der Waals surface area contributed by atoms with E-state index in [1.54, 1.807) is 5.57 Å². The van der Waals surface area contributed by atoms with Gasteiger partial charge in [-0.25, -0.2) is 0 Å². The first-order valence-corrected chi connectivity index (χ1v) is 17.6. The summed E-state index contributed by atoms with van der Waals surface area (Å²) in [5.74, 6) is 0. The maximum atomic E-state index is 2.46. The molecule has 0 N–H and O–H groups in total. The molecule has 0 aromatic heterocycles. The minimum atomic E-state index is 0. The van der Waals surface area contributed by atoms with E-state index in [1.807, 2.05) is 0 Å². The average molecular weight is 740 g/mol. The van der Waals surface area contributed by atoms with E-state index >= 15 is 0 Å². The number of allylic oxidation sites excluding steroid dienone is 4. The van der Waals surface area contributed by atoms with Gasteiger partial charge in [-0.05, 0) is 29.6 Å². The van der Waals surface area contributed by atoms with Gasteiger partial charge < -0.3 is 24.8 Å². The summed E-state index contributed by atoms with van der Waals surface area (Å²) in [6.07, 6.45) is 3.51. The molecule has 0 atom stereocenters. The predicted molar refractivity (Wildman–Crippen MR) is 195 cm³/mol. The first-order chi connectivity index (χ1) is 21.1. The van der Waals surface area contributed by atoms with Crippen molar-refractivity contribution in [2.45, 2.75) is 86.5 Å². The fourth-order valence-corrected chi connectivity index (χ4v) is 7.20. The van der Waals surface area contributed by atoms with Gasteiger partial charge in [0.2, 0.25) is 0 Å². The fourth-order valence-electron chi connectivity index (χ4n) is 6.38. The third-order valence-corrected chi connectivity index (χ3v) is 10.6. The molecule has 1 aliphatic rings. The van der Waals surface area contributed by atoms with Crippen LogP contribution in [0.25, 0.3) is 27.1 Å². The fraction of sp³-hybridized carbons (Fsp3) is 0.318. The van der Waals surface area contributed by atoms with Crippen LogP contribution in [0.4, 0.5) is 0 Å². The molecule has 3 heteroatoms. The van der Waals surface area contributed by atoms with Crippen molar-refractivity contribution in [3.63, 3.8) is 0 Å². The van der Waals surface area contributed by atoms with Gasteiger partial charge in [0.05, 0.1) is 0 Å². The number of hydrogen-bond acceptors (Lipinski definition) is 0. The summed E-state index contributed by atoms with van der Waals surface area (Å²) in [6.45, 7) is 23.3. The van der Waals surface area contributed by atoms with Gasteiger partial charge in [0.15, 0.2) is 0 Å². The molecule has 0 amide bonds. The van der Waals surface area contributed by atoms with Crippen molar-refractivity contribution in [3.05, 3.63) is 142 Å². The molecule has 47 heavy (non-hydrogen) atoms. The van der Waals surface area contributed by atoms with Gasteiger partial charge in [-0.2, -0.15) is 0 Å². The first-order valence-electron chi connectivity index (χ1n) is 16.3. The number of benzene rings is 4. The van der Waals surface area contributed by atoms with Gasteiger partial charge in [-0.15, -0.1) is 33.7 Å². The third kappa shape index (κ3) is 8.60. The van der Waals surface area contributed by atoms with Gasteiger partial charge in [0.25, 0.3) is 0 Å². The third-order valence-electron chi connectivity index (χ3n) is 9.19. The van der Waals surface area contributed by atoms with Crippen molar-refractivity contribution < 1.29 is 49.0 Å². The SMILES string of the molecule is CC1=C(c2c(C(C)(C)C)ccc3c2[cH-]c2cc(C(C)(C)C)ccc23)CC(C(C)(C)C)=C1.[Cl-].[Cl-].[Zr+2]=[C](c1ccccc1)c1ccccc1. The molecule has 1 aliphatic carbocycles. The zero-order chi connectivity index (χ0) is 32.7. The summed E-state index contributed by atoms with van der Waals surface area (Å²) in [5, 5.41) is 5.56. The van der Waals surface area contributed by atoms with Crippen molar-refractivity contribution in [1.29, 1.82) is 0 Å². The Hall–Kier alpha value is -2.44. The van der Waals surface area contributed by atoms with Crippen LogP contribution in [0, 0.1) is 5.41 Å². The Balaban J connectivity index is 0.000000316. The maximum absolute atomic E-state index is 2.46. The van der Waals surface area contributed by atoms with Crippen LogP contribution in [0.1, 0.15) is 103 Å². The van der Waals surface area contributed by atoms with E-state index in [-0.39, 0.29) is 41.1 Å². The molecular formula is C44H49Cl2Zr-. The van der Waals surface area contributed by atoms with Crippen LogP contribution in [0.5, 0.6) is 0 Å². The van der Waals surface area contributed by atoms with Gasteiger partial charge in [-0.3, -0.25) is 0 Å². The summed E-state index contributed by atoms with van der Waals surface area (Å²) < 4.78 is 1.42. The normalized spacial score (nSPS) is 13.5. The number of hydrogen-bond donors (Lipinski definition) is 0. The summed E-state index contributed by atoms with van der Waals surface area (Å²) in [4.78, 5) is 0. The molecule has 5 aromatic carbocycles. The molecule has 0 spiro atoms. The number of rotatable bonds is 3. The molecule has 244 valence electrons. The molecule has 5 aromatic rings. The molecule has 0 heterocycles. The standard InChI is InChI=1S/C31H39.C13H10.2ClH.Zr/c1-19-15-22(30(5,6)7)18-25(19)28-26-17-20-16-21(29(2,3)4)11-12-23(20)24(26)13-14-27(28)31(8,9)10;1-3-7-12(8-4-1)11-13-9-5-2-6-10-13;;;/h11-17H,18H2,1-10H3;1-10H;2*1H;/q-1;;;;+2/p-2. The van der Waals surface area contributed by atoms with Gasteiger partial charge in [0, 0.05) is 0 Å². The molecule has 6 rings (SSSR count). The van der Waals surface area contributed by atoms with Crippen LogP contribution in [0.2, 0.25) is 0 Å². The second-order valence-electron chi connectivity index (χ2n) is 15.8. The van der Waals surface area contributed by atoms with Crippen LogP contribution in [0.15, 0.2) is 114 Å². The first kappa shape index (κ1) is 39.0. The minimum absolute atomic E-state index is 0. The van der Waals surface area contributed by atoms with Crippen LogP contribution in [-0.4, -0.2) is 3.21 Å². The molecule has 0 fully saturated rings. The van der Waals surface area contributed by atoms with Gasteiger partial charge >= 0.3 is 99.2 Å². The summed E-state index contributed by atoms with van der Waals surface area (Å²) >= 11 is 1.46. The monoisotopic (exact) mass is 737 g/mol. The Labute approximate surface area is 311 Å². The molecule has 0 unspecified atom stereocenters. The molecule has 0 aliphatic heterocycles. The Morgan fingerprint density at radius 2 is 1.17 bits per heavy atom. The van der Waals surface area contributed by atoms with E-state index in [9.17, 15) is 0 Å². The molecular weight excluding hydrogens is 691 g/mol. The zero-order valence-electron chi connectivity index (χ0n) is 29.8. The summed E-state index contributed by atoms with van der Waals surface area (Å²) in [6, 6.07) is 35.4. The molecule has 0 radical (unpaired) electrons. The molecule has 0 bridgehead atoms. The van der Waals surface area contributed by atoms with Crippen molar-refractivity contribution >= 4 is 30.3 Å². The van der Waals surface area contributed by atoms with Crippen LogP contribution >= 0.6 is 0 Å². The van der Waals surface area contributed by atoms with Crippen LogP contribution < -0.4 is 24.8 Å². The topological polar surface area (TPSA) is 0 Å². The molecule has 0 nitrogen and oxygen atoms in total. The van der Waals surface area contributed by atoms with E-state index < -0.39 is 0 Å². The van der Waals surface area contributed by atoms with Crippen molar-refractivity contribution in [2.24, 2.45) is 5.41 Å². The van der Waals surface area contributed by atoms with E-state index in [2.05, 4.69) is 172 Å². The van der Waals surface area contributed by atoms with Crippen molar-refractivity contribution in [2.75, 3.05) is 0 Å². The van der Waals surface area contributed by atoms with E-state index in [1.165, 1.54) is 87.9 Å². The van der Waals surface area contributed by atoms with E-state index in [4.69, 9.17) is 0 Å². The van der Waals surface area contributed by atoms with E-state index in [0.717, 1.165) is 6.42 Å². The Kier molecular flexibility index (Phi) is 12.4. The average Bonchev–Trinajstić information content (AvgIpc) is 3.57. The van der Waals surface area contributed by atoms with Crippen LogP contribution in [0.3, 0.4) is 0 Å². The van der Waals surface area contributed by atoms with E-state index in [0.29, 0.717) is 0 Å². The number of fused-ring (bicyclic) bond motifs is 3. The van der Waals surface area contributed by atoms with Gasteiger partial charge in [0.1, 0.15) is 0 Å². The summed E-state index contributed by atoms with van der Waals surface area (Å²) in [5.41, 5.74) is 12.0. The Morgan fingerprint density at radius 3 is 1.64 bits per heavy atom. The van der Waals surface area contributed by atoms with Crippen molar-refractivity contribution in [1.82, 2.24) is 0 Å². The number of halogens is 2. The quantitative estimate of drug-likeness (QED) is 0.192. The zero-order valence-corrected chi connectivity index (χ0v) is 33.7. The Morgan fingerprint density at radius 1 is 0.638 bits per heavy atom. The molecule has 0 saturated heterocycles. The second-order valence-corrected chi connectivity index (χ2v) is 17.0. The second kappa shape index (κ2) is 15.0. The van der Waals surface area contributed by atoms with Crippen molar-refractivity contribution in [3.8, 4) is 0 Å². The Bertz CT molecular complexity index is 1880. The molecule has 0 saturated carbocycles. The summed E-state index contributed by atoms with van der Waals surface area (Å²) in [7, 11) is 0. The van der Waals surface area contributed by atoms with Gasteiger partial charge in [-0.1, -0.05) is 126 Å². The van der Waals surface area contributed by atoms with Crippen LogP contribution in [-0.2, 0) is 35.1 Å². The predicted octanol–water partition coefficient (Wildman–Crippen LogP) is 6.27.